The van der Waals surface area contributed by atoms with E-state index >= 15 is 0 Å². The van der Waals surface area contributed by atoms with Crippen molar-refractivity contribution >= 4 is 40.0 Å². The number of amides is 1. The van der Waals surface area contributed by atoms with Gasteiger partial charge in [-0.1, -0.05) is 35.9 Å². The van der Waals surface area contributed by atoms with Crippen molar-refractivity contribution in [2.45, 2.75) is 12.5 Å². The Morgan fingerprint density at radius 3 is 2.55 bits per heavy atom. The van der Waals surface area contributed by atoms with Crippen molar-refractivity contribution in [3.05, 3.63) is 107 Å². The molecule has 5 rings (SSSR count). The van der Waals surface area contributed by atoms with Crippen molar-refractivity contribution in [3.63, 3.8) is 0 Å². The van der Waals surface area contributed by atoms with Gasteiger partial charge in [0.25, 0.3) is 11.7 Å². The minimum absolute atomic E-state index is 0.0277. The van der Waals surface area contributed by atoms with Crippen LogP contribution in [0.5, 0.6) is 0 Å². The number of H-pyrrole nitrogens is 1. The van der Waals surface area contributed by atoms with Crippen molar-refractivity contribution in [1.29, 1.82) is 0 Å². The molecule has 164 valence electrons. The smallest absolute Gasteiger partial charge is 0.295 e. The number of carbonyl (C=O) groups excluding carboxylic acids is 2. The molecule has 0 aliphatic carbocycles. The maximum atomic E-state index is 13.1. The van der Waals surface area contributed by atoms with E-state index in [2.05, 4.69) is 9.97 Å². The van der Waals surface area contributed by atoms with Gasteiger partial charge in [0.2, 0.25) is 0 Å². The second kappa shape index (κ2) is 8.56. The Hall–Kier alpha value is -3.90. The number of aliphatic hydroxyl groups excluding tert-OH is 1. The van der Waals surface area contributed by atoms with E-state index in [0.717, 1.165) is 16.5 Å². The molecule has 33 heavy (non-hydrogen) atoms. The van der Waals surface area contributed by atoms with Crippen LogP contribution in [0.25, 0.3) is 16.7 Å². The summed E-state index contributed by atoms with van der Waals surface area (Å²) in [6.45, 7) is 0.297. The van der Waals surface area contributed by atoms with Crippen LogP contribution in [0, 0.1) is 0 Å². The normalized spacial score (nSPS) is 17.7. The number of aromatic amines is 1. The zero-order valence-corrected chi connectivity index (χ0v) is 18.3. The molecule has 0 bridgehead atoms. The van der Waals surface area contributed by atoms with Gasteiger partial charge in [-0.15, -0.1) is 0 Å². The fraction of sp³-hybridized carbons (Fsp3) is 0.115. The van der Waals surface area contributed by atoms with Crippen molar-refractivity contribution < 1.29 is 14.7 Å². The van der Waals surface area contributed by atoms with E-state index in [0.29, 0.717) is 29.2 Å². The predicted octanol–water partition coefficient (Wildman–Crippen LogP) is 4.88. The molecule has 1 amide bonds. The lowest BCUT2D eigenvalue weighted by Crippen LogP contribution is -2.32. The molecule has 1 atom stereocenters. The molecule has 0 radical (unpaired) electrons. The molecule has 2 aromatic carbocycles. The Morgan fingerprint density at radius 2 is 1.79 bits per heavy atom. The highest BCUT2D eigenvalue weighted by Gasteiger charge is 2.46. The topological polar surface area (TPSA) is 86.3 Å². The van der Waals surface area contributed by atoms with Gasteiger partial charge in [-0.3, -0.25) is 14.6 Å². The number of likely N-dealkylation sites (tertiary alicyclic amines) is 1. The van der Waals surface area contributed by atoms with Gasteiger partial charge in [0.05, 0.1) is 11.3 Å². The van der Waals surface area contributed by atoms with Crippen molar-refractivity contribution in [2.75, 3.05) is 6.54 Å². The Kier molecular flexibility index (Phi) is 5.44. The zero-order valence-electron chi connectivity index (χ0n) is 17.5. The number of aromatic nitrogens is 2. The Bertz CT molecular complexity index is 1380. The highest BCUT2D eigenvalue weighted by atomic mass is 35.5. The van der Waals surface area contributed by atoms with Crippen LogP contribution >= 0.6 is 11.6 Å². The average Bonchev–Trinajstić information content (AvgIpc) is 3.37. The number of para-hydroxylation sites is 1. The standard InChI is InChI=1S/C26H20ClN3O3/c27-18-10-8-16(9-11-18)24(31)22-23(21-7-3-4-13-28-21)30(26(33)25(22)32)14-12-17-15-29-20-6-2-1-5-19(17)20/h1-11,13,15,23,29,31H,12,14H2/b24-22-. The van der Waals surface area contributed by atoms with Crippen molar-refractivity contribution in [2.24, 2.45) is 0 Å². The van der Waals surface area contributed by atoms with E-state index in [1.165, 1.54) is 4.90 Å². The highest BCUT2D eigenvalue weighted by Crippen LogP contribution is 2.38. The number of Topliss-reactive ketones (excluding diaryl/α,β-unsaturated/α-hetero) is 1. The number of aliphatic hydroxyl groups is 1. The molecule has 3 heterocycles. The van der Waals surface area contributed by atoms with Gasteiger partial charge >= 0.3 is 0 Å². The number of hydrogen-bond donors (Lipinski definition) is 2. The molecule has 1 aliphatic heterocycles. The van der Waals surface area contributed by atoms with E-state index in [1.54, 1.807) is 48.7 Å². The second-order valence-electron chi connectivity index (χ2n) is 7.86. The molecule has 0 spiro atoms. The van der Waals surface area contributed by atoms with E-state index in [9.17, 15) is 14.7 Å². The number of carbonyl (C=O) groups is 2. The number of ketones is 1. The molecule has 1 fully saturated rings. The van der Waals surface area contributed by atoms with Crippen LogP contribution in [0.2, 0.25) is 5.02 Å². The minimum atomic E-state index is -0.785. The van der Waals surface area contributed by atoms with Gasteiger partial charge in [0.15, 0.2) is 0 Å². The number of halogens is 1. The van der Waals surface area contributed by atoms with Gasteiger partial charge in [-0.2, -0.15) is 0 Å². The molecule has 1 aliphatic rings. The summed E-state index contributed by atoms with van der Waals surface area (Å²) in [4.78, 5) is 35.3. The summed E-state index contributed by atoms with van der Waals surface area (Å²) in [5, 5.41) is 12.6. The summed E-state index contributed by atoms with van der Waals surface area (Å²) in [7, 11) is 0. The van der Waals surface area contributed by atoms with Crippen LogP contribution in [0.3, 0.4) is 0 Å². The quantitative estimate of drug-likeness (QED) is 0.254. The fourth-order valence-electron chi connectivity index (χ4n) is 4.30. The molecule has 7 heteroatoms. The van der Waals surface area contributed by atoms with E-state index in [4.69, 9.17) is 11.6 Å². The summed E-state index contributed by atoms with van der Waals surface area (Å²) in [6.07, 6.45) is 4.07. The van der Waals surface area contributed by atoms with E-state index in [1.807, 2.05) is 30.5 Å². The maximum Gasteiger partial charge on any atom is 0.295 e. The molecular weight excluding hydrogens is 438 g/mol. The molecule has 4 aromatic rings. The molecule has 2 N–H and O–H groups in total. The van der Waals surface area contributed by atoms with Gasteiger partial charge in [0.1, 0.15) is 11.8 Å². The third-order valence-corrected chi connectivity index (χ3v) is 6.17. The third kappa shape index (κ3) is 3.79. The largest absolute Gasteiger partial charge is 0.507 e. The third-order valence-electron chi connectivity index (χ3n) is 5.92. The van der Waals surface area contributed by atoms with Crippen LogP contribution in [-0.4, -0.2) is 38.2 Å². The number of hydrogen-bond acceptors (Lipinski definition) is 4. The first-order valence-corrected chi connectivity index (χ1v) is 10.9. The van der Waals surface area contributed by atoms with E-state index < -0.39 is 17.7 Å². The predicted molar refractivity (Wildman–Crippen MR) is 127 cm³/mol. The molecule has 1 unspecified atom stereocenters. The summed E-state index contributed by atoms with van der Waals surface area (Å²) >= 11 is 5.97. The lowest BCUT2D eigenvalue weighted by Gasteiger charge is -2.24. The van der Waals surface area contributed by atoms with Crippen LogP contribution in [0.4, 0.5) is 0 Å². The summed E-state index contributed by atoms with van der Waals surface area (Å²) < 4.78 is 0. The Labute approximate surface area is 195 Å². The van der Waals surface area contributed by atoms with Crippen LogP contribution < -0.4 is 0 Å². The fourth-order valence-corrected chi connectivity index (χ4v) is 4.42. The van der Waals surface area contributed by atoms with Crippen molar-refractivity contribution in [1.82, 2.24) is 14.9 Å². The lowest BCUT2D eigenvalue weighted by atomic mass is 9.98. The highest BCUT2D eigenvalue weighted by molar-refractivity contribution is 6.46. The first kappa shape index (κ1) is 21.0. The minimum Gasteiger partial charge on any atom is -0.507 e. The number of pyridine rings is 1. The molecule has 1 saturated heterocycles. The maximum absolute atomic E-state index is 13.1. The zero-order chi connectivity index (χ0) is 22.9. The molecule has 2 aromatic heterocycles. The second-order valence-corrected chi connectivity index (χ2v) is 8.30. The summed E-state index contributed by atoms with van der Waals surface area (Å²) in [5.41, 5.74) is 3.02. The van der Waals surface area contributed by atoms with Gasteiger partial charge in [-0.05, 0) is 54.4 Å². The summed E-state index contributed by atoms with van der Waals surface area (Å²) in [6, 6.07) is 18.9. The van der Waals surface area contributed by atoms with Crippen molar-refractivity contribution in [3.8, 4) is 0 Å². The lowest BCUT2D eigenvalue weighted by molar-refractivity contribution is -0.139. The monoisotopic (exact) mass is 457 g/mol. The first-order valence-electron chi connectivity index (χ1n) is 10.5. The number of benzene rings is 2. The number of nitrogens with one attached hydrogen (secondary N) is 1. The summed E-state index contributed by atoms with van der Waals surface area (Å²) in [5.74, 6) is -1.62. The SMILES string of the molecule is O=C1C(=O)N(CCc2c[nH]c3ccccc23)C(c2ccccn2)/C1=C(/O)c1ccc(Cl)cc1. The Morgan fingerprint density at radius 1 is 1.03 bits per heavy atom. The Balaban J connectivity index is 1.55. The molecule has 0 saturated carbocycles. The van der Waals surface area contributed by atoms with E-state index in [-0.39, 0.29) is 11.3 Å². The molecular formula is C26H20ClN3O3. The first-order chi connectivity index (χ1) is 16.0. The van der Waals surface area contributed by atoms with Gasteiger partial charge < -0.3 is 15.0 Å². The molecule has 6 nitrogen and oxygen atoms in total. The van der Waals surface area contributed by atoms with Gasteiger partial charge in [-0.25, -0.2) is 0 Å². The van der Waals surface area contributed by atoms with Crippen LogP contribution in [0.15, 0.2) is 84.7 Å². The van der Waals surface area contributed by atoms with Gasteiger partial charge in [0, 0.05) is 40.4 Å². The number of nitrogens with zero attached hydrogens (tertiary/aromatic N) is 2. The van der Waals surface area contributed by atoms with Crippen LogP contribution in [0.1, 0.15) is 22.9 Å². The van der Waals surface area contributed by atoms with Crippen LogP contribution in [-0.2, 0) is 16.0 Å². The number of fused-ring (bicyclic) bond motifs is 1. The number of rotatable bonds is 5. The average molecular weight is 458 g/mol.